The second-order valence-electron chi connectivity index (χ2n) is 5.58. The Balaban J connectivity index is 1.89. The van der Waals surface area contributed by atoms with Crippen LogP contribution in [0.25, 0.3) is 6.08 Å². The molecule has 29 heavy (non-hydrogen) atoms. The fourth-order valence-corrected chi connectivity index (χ4v) is 4.33. The van der Waals surface area contributed by atoms with E-state index < -0.39 is 4.92 Å². The molecule has 0 radical (unpaired) electrons. The summed E-state index contributed by atoms with van der Waals surface area (Å²) in [6.45, 7) is 0. The van der Waals surface area contributed by atoms with Crippen molar-refractivity contribution in [3.63, 3.8) is 0 Å². The number of aliphatic imine (C=N–C) groups is 1. The number of ether oxygens (including phenoxy) is 2. The molecule has 1 aliphatic heterocycles. The fourth-order valence-electron chi connectivity index (χ4n) is 2.45. The van der Waals surface area contributed by atoms with Crippen LogP contribution in [0.4, 0.5) is 11.4 Å². The summed E-state index contributed by atoms with van der Waals surface area (Å²) in [6, 6.07) is 7.76. The predicted octanol–water partition coefficient (Wildman–Crippen LogP) is 5.03. The van der Waals surface area contributed by atoms with E-state index in [9.17, 15) is 14.9 Å². The summed E-state index contributed by atoms with van der Waals surface area (Å²) in [7, 11) is 3.07. The zero-order chi connectivity index (χ0) is 21.1. The first-order valence-electron chi connectivity index (χ1n) is 7.98. The predicted molar refractivity (Wildman–Crippen MR) is 119 cm³/mol. The Hall–Kier alpha value is -2.37. The maximum Gasteiger partial charge on any atom is 0.270 e. The number of carbonyl (C=O) groups excluding carboxylic acids is 1. The van der Waals surface area contributed by atoms with Gasteiger partial charge in [0.15, 0.2) is 16.7 Å². The molecule has 1 heterocycles. The largest absolute Gasteiger partial charge is 0.493 e. The van der Waals surface area contributed by atoms with Crippen molar-refractivity contribution in [3.05, 3.63) is 59.9 Å². The molecule has 0 aromatic heterocycles. The van der Waals surface area contributed by atoms with Gasteiger partial charge in [0.2, 0.25) is 0 Å². The van der Waals surface area contributed by atoms with Gasteiger partial charge in [-0.15, -0.1) is 0 Å². The number of amidine groups is 1. The van der Waals surface area contributed by atoms with Crippen LogP contribution in [0.5, 0.6) is 11.5 Å². The van der Waals surface area contributed by atoms with Crippen molar-refractivity contribution >= 4 is 72.1 Å². The van der Waals surface area contributed by atoms with E-state index in [1.807, 2.05) is 0 Å². The lowest BCUT2D eigenvalue weighted by molar-refractivity contribution is -0.384. The Kier molecular flexibility index (Phi) is 6.60. The summed E-state index contributed by atoms with van der Waals surface area (Å²) in [5, 5.41) is 13.9. The number of rotatable bonds is 5. The SMILES string of the molecule is COc1ccc(/C=C2/SC(=Nc3ccc([N+](=O)[O-])cc3Br)NC2=O)c(Br)c1OC. The quantitative estimate of drug-likeness (QED) is 0.323. The lowest BCUT2D eigenvalue weighted by atomic mass is 10.2. The van der Waals surface area contributed by atoms with E-state index in [4.69, 9.17) is 9.47 Å². The van der Waals surface area contributed by atoms with Crippen LogP contribution in [0.2, 0.25) is 0 Å². The van der Waals surface area contributed by atoms with Crippen LogP contribution in [0.1, 0.15) is 5.56 Å². The van der Waals surface area contributed by atoms with Crippen LogP contribution in [-0.2, 0) is 4.79 Å². The van der Waals surface area contributed by atoms with Crippen molar-refractivity contribution in [3.8, 4) is 11.5 Å². The van der Waals surface area contributed by atoms with Crippen molar-refractivity contribution in [2.45, 2.75) is 0 Å². The third-order valence-electron chi connectivity index (χ3n) is 3.82. The zero-order valence-corrected chi connectivity index (χ0v) is 19.1. The highest BCUT2D eigenvalue weighted by Gasteiger charge is 2.25. The van der Waals surface area contributed by atoms with Gasteiger partial charge in [0.25, 0.3) is 11.6 Å². The van der Waals surface area contributed by atoms with Gasteiger partial charge in [-0.1, -0.05) is 0 Å². The zero-order valence-electron chi connectivity index (χ0n) is 15.1. The minimum Gasteiger partial charge on any atom is -0.493 e. The minimum absolute atomic E-state index is 0.0529. The number of hydrogen-bond donors (Lipinski definition) is 1. The van der Waals surface area contributed by atoms with Crippen LogP contribution in [0.15, 0.2) is 49.2 Å². The number of hydrogen-bond acceptors (Lipinski definition) is 7. The van der Waals surface area contributed by atoms with E-state index in [-0.39, 0.29) is 11.6 Å². The Morgan fingerprint density at radius 2 is 1.97 bits per heavy atom. The molecule has 3 rings (SSSR count). The number of carbonyl (C=O) groups is 1. The second-order valence-corrected chi connectivity index (χ2v) is 8.26. The van der Waals surface area contributed by atoms with E-state index in [1.165, 1.54) is 25.3 Å². The summed E-state index contributed by atoms with van der Waals surface area (Å²) in [4.78, 5) is 27.5. The van der Waals surface area contributed by atoms with Gasteiger partial charge in [-0.25, -0.2) is 4.99 Å². The Labute approximate surface area is 186 Å². The van der Waals surface area contributed by atoms with E-state index in [1.54, 1.807) is 25.3 Å². The van der Waals surface area contributed by atoms with Crippen LogP contribution in [0, 0.1) is 10.1 Å². The monoisotopic (exact) mass is 541 g/mol. The number of methoxy groups -OCH3 is 2. The summed E-state index contributed by atoms with van der Waals surface area (Å²) < 4.78 is 11.7. The number of thioether (sulfide) groups is 1. The van der Waals surface area contributed by atoms with E-state index >= 15 is 0 Å². The van der Waals surface area contributed by atoms with Crippen molar-refractivity contribution in [1.29, 1.82) is 0 Å². The molecule has 0 atom stereocenters. The summed E-state index contributed by atoms with van der Waals surface area (Å²) in [6.07, 6.45) is 1.71. The average molecular weight is 543 g/mol. The van der Waals surface area contributed by atoms with Crippen molar-refractivity contribution < 1.29 is 19.2 Å². The molecule has 0 aliphatic carbocycles. The number of amides is 1. The lowest BCUT2D eigenvalue weighted by Gasteiger charge is -2.11. The first-order valence-corrected chi connectivity index (χ1v) is 10.4. The number of benzene rings is 2. The van der Waals surface area contributed by atoms with Crippen molar-refractivity contribution in [2.75, 3.05) is 14.2 Å². The molecule has 11 heteroatoms. The first-order chi connectivity index (χ1) is 13.8. The fraction of sp³-hybridized carbons (Fsp3) is 0.111. The average Bonchev–Trinajstić information content (AvgIpc) is 3.03. The van der Waals surface area contributed by atoms with Gasteiger partial charge in [0.05, 0.1) is 38.7 Å². The van der Waals surface area contributed by atoms with E-state index in [0.29, 0.717) is 36.2 Å². The molecule has 1 aliphatic rings. The maximum atomic E-state index is 12.3. The highest BCUT2D eigenvalue weighted by molar-refractivity contribution is 9.11. The van der Waals surface area contributed by atoms with Crippen LogP contribution < -0.4 is 14.8 Å². The van der Waals surface area contributed by atoms with Crippen LogP contribution in [0.3, 0.4) is 0 Å². The van der Waals surface area contributed by atoms with Crippen LogP contribution >= 0.6 is 43.6 Å². The lowest BCUT2D eigenvalue weighted by Crippen LogP contribution is -2.19. The summed E-state index contributed by atoms with van der Waals surface area (Å²) in [5.74, 6) is 0.790. The van der Waals surface area contributed by atoms with Crippen molar-refractivity contribution in [2.24, 2.45) is 4.99 Å². The number of halogens is 2. The minimum atomic E-state index is -0.490. The number of nitro groups is 1. The summed E-state index contributed by atoms with van der Waals surface area (Å²) >= 11 is 7.90. The molecule has 0 bridgehead atoms. The molecule has 1 saturated heterocycles. The molecule has 0 unspecified atom stereocenters. The van der Waals surface area contributed by atoms with Gasteiger partial charge in [-0.3, -0.25) is 14.9 Å². The number of nitrogens with one attached hydrogen (secondary N) is 1. The molecule has 1 amide bonds. The topological polar surface area (TPSA) is 103 Å². The molecular weight excluding hydrogens is 530 g/mol. The Morgan fingerprint density at radius 3 is 2.59 bits per heavy atom. The Bertz CT molecular complexity index is 1070. The van der Waals surface area contributed by atoms with E-state index in [0.717, 1.165) is 17.3 Å². The third kappa shape index (κ3) is 4.62. The molecule has 1 fully saturated rings. The number of nitro benzene ring substituents is 1. The maximum absolute atomic E-state index is 12.3. The highest BCUT2D eigenvalue weighted by Crippen LogP contribution is 2.40. The van der Waals surface area contributed by atoms with Gasteiger partial charge in [-0.05, 0) is 73.5 Å². The van der Waals surface area contributed by atoms with Gasteiger partial charge < -0.3 is 14.8 Å². The van der Waals surface area contributed by atoms with Gasteiger partial charge in [-0.2, -0.15) is 0 Å². The second kappa shape index (κ2) is 8.97. The van der Waals surface area contributed by atoms with Gasteiger partial charge in [0.1, 0.15) is 0 Å². The van der Waals surface area contributed by atoms with Crippen molar-refractivity contribution in [1.82, 2.24) is 5.32 Å². The standard InChI is InChI=1S/C18H13Br2N3O5S/c1-27-13-6-3-9(15(20)16(13)28-2)7-14-17(24)22-18(29-14)21-12-5-4-10(23(25)26)8-11(12)19/h3-8H,1-2H3,(H,21,22,24)/b14-7+. The normalized spacial score (nSPS) is 16.2. The number of nitrogens with zero attached hydrogens (tertiary/aromatic N) is 2. The molecule has 0 spiro atoms. The first kappa shape index (κ1) is 21.3. The molecule has 2 aromatic rings. The van der Waals surface area contributed by atoms with Gasteiger partial charge >= 0.3 is 0 Å². The smallest absolute Gasteiger partial charge is 0.270 e. The molecule has 150 valence electrons. The molecule has 0 saturated carbocycles. The number of non-ortho nitro benzene ring substituents is 1. The molecular formula is C18H13Br2N3O5S. The Morgan fingerprint density at radius 1 is 1.21 bits per heavy atom. The third-order valence-corrected chi connectivity index (χ3v) is 6.18. The molecule has 1 N–H and O–H groups in total. The molecule has 8 nitrogen and oxygen atoms in total. The van der Waals surface area contributed by atoms with Crippen LogP contribution in [-0.4, -0.2) is 30.2 Å². The van der Waals surface area contributed by atoms with E-state index in [2.05, 4.69) is 42.2 Å². The highest BCUT2D eigenvalue weighted by atomic mass is 79.9. The molecule has 2 aromatic carbocycles. The summed E-state index contributed by atoms with van der Waals surface area (Å²) in [5.41, 5.74) is 1.15. The van der Waals surface area contributed by atoms with Gasteiger partial charge in [0, 0.05) is 12.1 Å².